The van der Waals surface area contributed by atoms with Crippen LogP contribution >= 0.6 is 0 Å². The van der Waals surface area contributed by atoms with Crippen LogP contribution in [-0.2, 0) is 23.2 Å². The summed E-state index contributed by atoms with van der Waals surface area (Å²) in [7, 11) is -2.69. The van der Waals surface area contributed by atoms with Crippen LogP contribution in [0.2, 0.25) is 12.6 Å². The van der Waals surface area contributed by atoms with Gasteiger partial charge in [0.15, 0.2) is 0 Å². The van der Waals surface area contributed by atoms with E-state index in [4.69, 9.17) is 13.6 Å². The average molecular weight is 232 g/mol. The lowest BCUT2D eigenvalue weighted by Gasteiger charge is -2.32. The molecule has 0 radical (unpaired) electrons. The summed E-state index contributed by atoms with van der Waals surface area (Å²) in [6, 6.07) is 0.617. The van der Waals surface area contributed by atoms with Crippen LogP contribution in [0.25, 0.3) is 0 Å². The average Bonchev–Trinajstić information content (AvgIpc) is 1.93. The molecule has 0 aliphatic carbocycles. The van der Waals surface area contributed by atoms with Gasteiger partial charge < -0.3 is 13.6 Å². The molecule has 1 aliphatic heterocycles. The van der Waals surface area contributed by atoms with E-state index in [1.54, 1.807) is 6.55 Å². The molecule has 1 fully saturated rings. The van der Waals surface area contributed by atoms with Gasteiger partial charge in [-0.1, -0.05) is 0 Å². The highest BCUT2D eigenvalue weighted by Gasteiger charge is 2.42. The lowest BCUT2D eigenvalue weighted by molar-refractivity contribution is -0.139. The van der Waals surface area contributed by atoms with Crippen molar-refractivity contribution in [1.82, 2.24) is 0 Å². The first-order valence-electron chi connectivity index (χ1n) is 4.88. The van der Waals surface area contributed by atoms with Gasteiger partial charge in [-0.3, -0.25) is 9.59 Å². The summed E-state index contributed by atoms with van der Waals surface area (Å²) in [5, 5.41) is 0. The van der Waals surface area contributed by atoms with E-state index in [0.717, 1.165) is 0 Å². The molecule has 0 bridgehead atoms. The Labute approximate surface area is 89.9 Å². The van der Waals surface area contributed by atoms with Crippen molar-refractivity contribution in [3.05, 3.63) is 0 Å². The minimum Gasteiger partial charge on any atom is -0.485 e. The highest BCUT2D eigenvalue weighted by Crippen LogP contribution is 2.25. The van der Waals surface area contributed by atoms with Crippen molar-refractivity contribution in [2.24, 2.45) is 5.92 Å². The van der Waals surface area contributed by atoms with E-state index in [1.165, 1.54) is 13.8 Å². The molecule has 0 spiro atoms. The first kappa shape index (κ1) is 12.2. The molecule has 1 aliphatic rings. The molecule has 0 saturated carbocycles. The van der Waals surface area contributed by atoms with E-state index in [9.17, 15) is 9.59 Å². The maximum absolute atomic E-state index is 10.9. The zero-order valence-electron chi connectivity index (χ0n) is 9.24. The molecule has 0 aromatic heterocycles. The van der Waals surface area contributed by atoms with Crippen LogP contribution in [0, 0.1) is 5.92 Å². The number of carbonyl (C=O) groups excluding carboxylic acids is 2. The van der Waals surface area contributed by atoms with Gasteiger partial charge in [0.1, 0.15) is 0 Å². The predicted molar refractivity (Wildman–Crippen MR) is 54.3 cm³/mol. The topological polar surface area (TPSA) is 61.8 Å². The predicted octanol–water partition coefficient (Wildman–Crippen LogP) is 0.831. The number of carbonyl (C=O) groups is 2. The van der Waals surface area contributed by atoms with E-state index in [0.29, 0.717) is 25.2 Å². The summed E-state index contributed by atoms with van der Waals surface area (Å²) < 4.78 is 15.3. The second-order valence-corrected chi connectivity index (χ2v) is 7.01. The number of ether oxygens (including phenoxy) is 1. The van der Waals surface area contributed by atoms with E-state index in [-0.39, 0.29) is 0 Å². The molecule has 0 atom stereocenters. The molecular weight excluding hydrogens is 216 g/mol. The third kappa shape index (κ3) is 4.01. The summed E-state index contributed by atoms with van der Waals surface area (Å²) in [5.74, 6) is -0.448. The fourth-order valence-corrected chi connectivity index (χ4v) is 4.35. The van der Waals surface area contributed by atoms with Crippen LogP contribution in [0.3, 0.4) is 0 Å². The fourth-order valence-electron chi connectivity index (χ4n) is 1.64. The number of rotatable bonds is 4. The second-order valence-electron chi connectivity index (χ2n) is 3.93. The van der Waals surface area contributed by atoms with Crippen LogP contribution < -0.4 is 0 Å². The Kier molecular flexibility index (Phi) is 3.87. The molecule has 6 heteroatoms. The Morgan fingerprint density at radius 2 is 1.73 bits per heavy atom. The maximum Gasteiger partial charge on any atom is 0.461 e. The van der Waals surface area contributed by atoms with Crippen LogP contribution in [0.5, 0.6) is 0 Å². The van der Waals surface area contributed by atoms with Crippen molar-refractivity contribution >= 4 is 20.5 Å². The smallest absolute Gasteiger partial charge is 0.461 e. The maximum atomic E-state index is 10.9. The van der Waals surface area contributed by atoms with Gasteiger partial charge in [0.2, 0.25) is 0 Å². The van der Waals surface area contributed by atoms with Gasteiger partial charge in [-0.15, -0.1) is 0 Å². The third-order valence-electron chi connectivity index (χ3n) is 2.09. The number of hydrogen-bond acceptors (Lipinski definition) is 5. The Morgan fingerprint density at radius 1 is 1.27 bits per heavy atom. The summed E-state index contributed by atoms with van der Waals surface area (Å²) in [5.41, 5.74) is 0. The standard InChI is InChI=1S/C9H16O5Si/c1-7(10)13-15(3,14-8(2)11)6-9-4-12-5-9/h9H,4-6H2,1-3H3. The van der Waals surface area contributed by atoms with Gasteiger partial charge >= 0.3 is 8.56 Å². The molecule has 0 unspecified atom stereocenters. The van der Waals surface area contributed by atoms with E-state index in [1.807, 2.05) is 0 Å². The van der Waals surface area contributed by atoms with Gasteiger partial charge in [-0.05, 0) is 0 Å². The fraction of sp³-hybridized carbons (Fsp3) is 0.778. The van der Waals surface area contributed by atoms with Gasteiger partial charge in [0.25, 0.3) is 11.9 Å². The normalized spacial score (nSPS) is 16.7. The molecule has 1 rings (SSSR count). The van der Waals surface area contributed by atoms with Crippen LogP contribution in [0.4, 0.5) is 0 Å². The highest BCUT2D eigenvalue weighted by atomic mass is 28.4. The van der Waals surface area contributed by atoms with Gasteiger partial charge in [-0.2, -0.15) is 0 Å². The second kappa shape index (κ2) is 4.76. The molecule has 1 heterocycles. The first-order valence-corrected chi connectivity index (χ1v) is 7.40. The minimum atomic E-state index is -2.69. The third-order valence-corrected chi connectivity index (χ3v) is 4.84. The summed E-state index contributed by atoms with van der Waals surface area (Å²) in [4.78, 5) is 21.8. The number of hydrogen-bond donors (Lipinski definition) is 0. The molecule has 0 amide bonds. The quantitative estimate of drug-likeness (QED) is 0.672. The highest BCUT2D eigenvalue weighted by molar-refractivity contribution is 6.69. The van der Waals surface area contributed by atoms with Crippen molar-refractivity contribution in [2.45, 2.75) is 26.4 Å². The van der Waals surface area contributed by atoms with E-state index < -0.39 is 20.5 Å². The van der Waals surface area contributed by atoms with Crippen molar-refractivity contribution in [1.29, 1.82) is 0 Å². The lowest BCUT2D eigenvalue weighted by atomic mass is 10.1. The molecule has 5 nitrogen and oxygen atoms in total. The minimum absolute atomic E-state index is 0.348. The van der Waals surface area contributed by atoms with Crippen molar-refractivity contribution < 1.29 is 23.2 Å². The van der Waals surface area contributed by atoms with Crippen molar-refractivity contribution in [3.8, 4) is 0 Å². The first-order chi connectivity index (χ1) is 6.91. The lowest BCUT2D eigenvalue weighted by Crippen LogP contribution is -2.46. The SMILES string of the molecule is CC(=O)O[Si](C)(CC1COC1)OC(C)=O. The van der Waals surface area contributed by atoms with Crippen LogP contribution in [0.1, 0.15) is 13.8 Å². The Hall–Kier alpha value is -0.883. The molecule has 15 heavy (non-hydrogen) atoms. The summed E-state index contributed by atoms with van der Waals surface area (Å²) in [6.45, 7) is 5.70. The Balaban J connectivity index is 2.56. The van der Waals surface area contributed by atoms with Gasteiger partial charge in [0.05, 0.1) is 13.2 Å². The van der Waals surface area contributed by atoms with E-state index in [2.05, 4.69) is 0 Å². The molecular formula is C9H16O5Si. The molecule has 1 saturated heterocycles. The van der Waals surface area contributed by atoms with Gasteiger partial charge in [0, 0.05) is 32.4 Å². The van der Waals surface area contributed by atoms with Crippen molar-refractivity contribution in [2.75, 3.05) is 13.2 Å². The van der Waals surface area contributed by atoms with Gasteiger partial charge in [-0.25, -0.2) is 0 Å². The largest absolute Gasteiger partial charge is 0.485 e. The molecule has 0 aromatic rings. The summed E-state index contributed by atoms with van der Waals surface area (Å²) in [6.07, 6.45) is 0. The monoisotopic (exact) mass is 232 g/mol. The van der Waals surface area contributed by atoms with E-state index >= 15 is 0 Å². The van der Waals surface area contributed by atoms with Crippen molar-refractivity contribution in [3.63, 3.8) is 0 Å². The Bertz CT molecular complexity index is 245. The molecule has 0 N–H and O–H groups in total. The van der Waals surface area contributed by atoms with Crippen LogP contribution in [0.15, 0.2) is 0 Å². The zero-order valence-corrected chi connectivity index (χ0v) is 10.2. The zero-order chi connectivity index (χ0) is 11.5. The molecule has 0 aromatic carbocycles. The van der Waals surface area contributed by atoms with Crippen LogP contribution in [-0.4, -0.2) is 33.7 Å². The summed E-state index contributed by atoms with van der Waals surface area (Å²) >= 11 is 0. The molecule has 86 valence electrons. The Morgan fingerprint density at radius 3 is 2.00 bits per heavy atom.